The monoisotopic (exact) mass is 380 g/mol. The molecule has 0 saturated carbocycles. The molecule has 0 radical (unpaired) electrons. The minimum atomic E-state index is -0.0259. The maximum atomic E-state index is 12.7. The van der Waals surface area contributed by atoms with Gasteiger partial charge in [0.15, 0.2) is 0 Å². The van der Waals surface area contributed by atoms with Crippen LogP contribution >= 0.6 is 11.6 Å². The number of hydrogen-bond donors (Lipinski definition) is 1. The van der Waals surface area contributed by atoms with Gasteiger partial charge >= 0.3 is 0 Å². The van der Waals surface area contributed by atoms with E-state index in [0.717, 1.165) is 35.5 Å². The van der Waals surface area contributed by atoms with E-state index < -0.39 is 0 Å². The van der Waals surface area contributed by atoms with E-state index in [-0.39, 0.29) is 5.91 Å². The number of nitrogens with one attached hydrogen (secondary N) is 1. The van der Waals surface area contributed by atoms with Crippen LogP contribution in [0.4, 0.5) is 0 Å². The molecule has 0 atom stereocenters. The number of aromatic nitrogens is 1. The Morgan fingerprint density at radius 2 is 1.70 bits per heavy atom. The first kappa shape index (κ1) is 19.2. The Balaban J connectivity index is 2.09. The molecule has 1 amide bonds. The third kappa shape index (κ3) is 4.25. The van der Waals surface area contributed by atoms with Crippen molar-refractivity contribution in [2.75, 3.05) is 6.54 Å². The molecule has 0 aliphatic heterocycles. The van der Waals surface area contributed by atoms with Crippen LogP contribution in [0, 0.1) is 13.8 Å². The molecular weight excluding hydrogens is 356 g/mol. The fourth-order valence-electron chi connectivity index (χ4n) is 3.17. The van der Waals surface area contributed by atoms with E-state index in [9.17, 15) is 4.79 Å². The molecule has 1 aromatic heterocycles. The second-order valence-corrected chi connectivity index (χ2v) is 7.25. The fourth-order valence-corrected chi connectivity index (χ4v) is 3.30. The quantitative estimate of drug-likeness (QED) is 0.527. The van der Waals surface area contributed by atoms with Crippen LogP contribution in [0.3, 0.4) is 0 Å². The highest BCUT2D eigenvalue weighted by Gasteiger charge is 2.19. The maximum absolute atomic E-state index is 12.7. The Bertz CT molecular complexity index is 924. The van der Waals surface area contributed by atoms with Gasteiger partial charge in [-0.15, -0.1) is 0 Å². The van der Waals surface area contributed by atoms with Gasteiger partial charge in [0.05, 0.1) is 11.3 Å². The molecule has 0 saturated heterocycles. The van der Waals surface area contributed by atoms with Crippen LogP contribution in [-0.4, -0.2) is 17.0 Å². The molecule has 3 rings (SSSR count). The van der Waals surface area contributed by atoms with E-state index in [4.69, 9.17) is 11.6 Å². The minimum absolute atomic E-state index is 0.0259. The topological polar surface area (TPSA) is 34.0 Å². The summed E-state index contributed by atoms with van der Waals surface area (Å²) >= 11 is 6.06. The van der Waals surface area contributed by atoms with E-state index in [2.05, 4.69) is 48.0 Å². The maximum Gasteiger partial charge on any atom is 0.253 e. The summed E-state index contributed by atoms with van der Waals surface area (Å²) in [5.74, 6) is -0.0259. The Kier molecular flexibility index (Phi) is 6.02. The van der Waals surface area contributed by atoms with Gasteiger partial charge in [-0.25, -0.2) is 0 Å². The lowest BCUT2D eigenvalue weighted by Crippen LogP contribution is -2.24. The first-order chi connectivity index (χ1) is 13.0. The standard InChI is InChI=1S/C23H25ClN2O/c1-4-5-14-25-23(27)21-15-22(18-8-10-19(24)11-9-18)26(17(21)3)20-12-6-16(2)7-13-20/h6-13,15H,4-5,14H2,1-3H3,(H,25,27). The van der Waals surface area contributed by atoms with Crippen LogP contribution in [-0.2, 0) is 0 Å². The van der Waals surface area contributed by atoms with E-state index in [1.54, 1.807) is 0 Å². The van der Waals surface area contributed by atoms with Gasteiger partial charge in [0.1, 0.15) is 0 Å². The molecule has 0 spiro atoms. The summed E-state index contributed by atoms with van der Waals surface area (Å²) in [5.41, 5.74) is 5.88. The SMILES string of the molecule is CCCCNC(=O)c1cc(-c2ccc(Cl)cc2)n(-c2ccc(C)cc2)c1C. The van der Waals surface area contributed by atoms with E-state index in [0.29, 0.717) is 17.1 Å². The summed E-state index contributed by atoms with van der Waals surface area (Å²) in [5, 5.41) is 3.72. The Labute approximate surface area is 166 Å². The van der Waals surface area contributed by atoms with Crippen molar-refractivity contribution >= 4 is 17.5 Å². The fraction of sp³-hybridized carbons (Fsp3) is 0.261. The largest absolute Gasteiger partial charge is 0.352 e. The highest BCUT2D eigenvalue weighted by atomic mass is 35.5. The summed E-state index contributed by atoms with van der Waals surface area (Å²) in [7, 11) is 0. The van der Waals surface area contributed by atoms with Gasteiger partial charge in [0, 0.05) is 22.9 Å². The molecule has 0 aliphatic rings. The van der Waals surface area contributed by atoms with Gasteiger partial charge in [0.25, 0.3) is 5.91 Å². The van der Waals surface area contributed by atoms with Gasteiger partial charge < -0.3 is 9.88 Å². The first-order valence-corrected chi connectivity index (χ1v) is 9.72. The number of hydrogen-bond acceptors (Lipinski definition) is 1. The van der Waals surface area contributed by atoms with Crippen LogP contribution in [0.15, 0.2) is 54.6 Å². The lowest BCUT2D eigenvalue weighted by Gasteiger charge is -2.13. The summed E-state index contributed by atoms with van der Waals surface area (Å²) in [4.78, 5) is 12.7. The van der Waals surface area contributed by atoms with Gasteiger partial charge in [-0.1, -0.05) is 54.8 Å². The van der Waals surface area contributed by atoms with Crippen LogP contribution in [0.1, 0.15) is 41.4 Å². The molecule has 4 heteroatoms. The first-order valence-electron chi connectivity index (χ1n) is 9.34. The van der Waals surface area contributed by atoms with E-state index >= 15 is 0 Å². The number of carbonyl (C=O) groups excluding carboxylic acids is 1. The summed E-state index contributed by atoms with van der Waals surface area (Å²) in [6.07, 6.45) is 2.03. The molecule has 140 valence electrons. The molecule has 2 aromatic carbocycles. The number of unbranched alkanes of at least 4 members (excludes halogenated alkanes) is 1. The molecule has 0 bridgehead atoms. The van der Waals surface area contributed by atoms with Gasteiger partial charge in [0.2, 0.25) is 0 Å². The van der Waals surface area contributed by atoms with Crippen molar-refractivity contribution in [2.24, 2.45) is 0 Å². The zero-order chi connectivity index (χ0) is 19.4. The number of amides is 1. The predicted octanol–water partition coefficient (Wildman–Crippen LogP) is 5.94. The molecule has 27 heavy (non-hydrogen) atoms. The highest BCUT2D eigenvalue weighted by Crippen LogP contribution is 2.30. The van der Waals surface area contributed by atoms with E-state index in [1.165, 1.54) is 5.56 Å². The van der Waals surface area contributed by atoms with Crippen LogP contribution in [0.2, 0.25) is 5.02 Å². The van der Waals surface area contributed by atoms with Crippen molar-refractivity contribution in [3.8, 4) is 16.9 Å². The van der Waals surface area contributed by atoms with Crippen molar-refractivity contribution in [1.82, 2.24) is 9.88 Å². The second kappa shape index (κ2) is 8.45. The van der Waals surface area contributed by atoms with Crippen molar-refractivity contribution < 1.29 is 4.79 Å². The molecule has 3 nitrogen and oxygen atoms in total. The van der Waals surface area contributed by atoms with Gasteiger partial charge in [-0.05, 0) is 56.2 Å². The molecular formula is C23H25ClN2O. The van der Waals surface area contributed by atoms with Crippen LogP contribution in [0.25, 0.3) is 16.9 Å². The van der Waals surface area contributed by atoms with Crippen molar-refractivity contribution in [2.45, 2.75) is 33.6 Å². The Morgan fingerprint density at radius 1 is 1.04 bits per heavy atom. The number of halogens is 1. The van der Waals surface area contributed by atoms with E-state index in [1.807, 2.05) is 37.3 Å². The number of rotatable bonds is 6. The zero-order valence-electron chi connectivity index (χ0n) is 16.1. The average molecular weight is 381 g/mol. The molecule has 0 fully saturated rings. The number of nitrogens with zero attached hydrogens (tertiary/aromatic N) is 1. The predicted molar refractivity (Wildman–Crippen MR) is 113 cm³/mol. The molecule has 0 unspecified atom stereocenters. The van der Waals surface area contributed by atoms with Gasteiger partial charge in [-0.2, -0.15) is 0 Å². The third-order valence-corrected chi connectivity index (χ3v) is 4.99. The van der Waals surface area contributed by atoms with Crippen molar-refractivity contribution in [1.29, 1.82) is 0 Å². The Morgan fingerprint density at radius 3 is 2.33 bits per heavy atom. The molecule has 1 heterocycles. The third-order valence-electron chi connectivity index (χ3n) is 4.74. The molecule has 3 aromatic rings. The number of benzene rings is 2. The smallest absolute Gasteiger partial charge is 0.253 e. The summed E-state index contributed by atoms with van der Waals surface area (Å²) < 4.78 is 2.14. The molecule has 0 aliphatic carbocycles. The normalized spacial score (nSPS) is 10.8. The average Bonchev–Trinajstić information content (AvgIpc) is 3.00. The van der Waals surface area contributed by atoms with Crippen LogP contribution < -0.4 is 5.32 Å². The van der Waals surface area contributed by atoms with Crippen molar-refractivity contribution in [3.05, 3.63) is 76.4 Å². The van der Waals surface area contributed by atoms with Crippen LogP contribution in [0.5, 0.6) is 0 Å². The Hall–Kier alpha value is -2.52. The van der Waals surface area contributed by atoms with Gasteiger partial charge in [-0.3, -0.25) is 4.79 Å². The zero-order valence-corrected chi connectivity index (χ0v) is 16.8. The lowest BCUT2D eigenvalue weighted by atomic mass is 10.1. The number of carbonyl (C=O) groups is 1. The summed E-state index contributed by atoms with van der Waals surface area (Å²) in [6.45, 7) is 6.87. The second-order valence-electron chi connectivity index (χ2n) is 6.82. The summed E-state index contributed by atoms with van der Waals surface area (Å²) in [6, 6.07) is 18.0. The number of aryl methyl sites for hydroxylation is 1. The minimum Gasteiger partial charge on any atom is -0.352 e. The highest BCUT2D eigenvalue weighted by molar-refractivity contribution is 6.30. The molecule has 1 N–H and O–H groups in total. The lowest BCUT2D eigenvalue weighted by molar-refractivity contribution is 0.0952. The van der Waals surface area contributed by atoms with Crippen molar-refractivity contribution in [3.63, 3.8) is 0 Å².